The number of hydrogen-bond donors (Lipinski definition) is 1. The molecule has 3 nitrogen and oxygen atoms in total. The Morgan fingerprint density at radius 1 is 1.47 bits per heavy atom. The van der Waals surface area contributed by atoms with Crippen molar-refractivity contribution in [2.45, 2.75) is 6.54 Å². The summed E-state index contributed by atoms with van der Waals surface area (Å²) >= 11 is 3.61. The van der Waals surface area contributed by atoms with Crippen LogP contribution in [-0.4, -0.2) is 5.91 Å². The number of nitrogens with zero attached hydrogens (tertiary/aromatic N) is 1. The fraction of sp³-hybridized carbons (Fsp3) is 0.0769. The highest BCUT2D eigenvalue weighted by Gasteiger charge is 2.09. The molecule has 1 aromatic carbocycles. The van der Waals surface area contributed by atoms with Gasteiger partial charge in [0.25, 0.3) is 5.91 Å². The van der Waals surface area contributed by atoms with Crippen molar-refractivity contribution in [1.82, 2.24) is 5.32 Å². The third-order valence-electron chi connectivity index (χ3n) is 2.45. The van der Waals surface area contributed by atoms with E-state index in [0.717, 1.165) is 8.95 Å². The molecule has 0 atom stereocenters. The smallest absolute Gasteiger partial charge is 0.252 e. The number of amides is 1. The van der Waals surface area contributed by atoms with E-state index in [9.17, 15) is 9.18 Å². The molecular weight excluding hydrogens is 378 g/mol. The largest absolute Gasteiger partial charge is 0.348 e. The van der Waals surface area contributed by atoms with E-state index in [1.165, 1.54) is 23.5 Å². The Kier molecular flexibility index (Phi) is 4.50. The Bertz CT molecular complexity index is 663. The lowest BCUT2D eigenvalue weighted by Gasteiger charge is -2.05. The molecule has 0 unspecified atom stereocenters. The normalized spacial score (nSPS) is 9.95. The predicted octanol–water partition coefficient (Wildman–Crippen LogP) is 3.29. The van der Waals surface area contributed by atoms with Crippen LogP contribution in [0.3, 0.4) is 0 Å². The molecule has 96 valence electrons. The predicted molar refractivity (Wildman–Crippen MR) is 79.3 cm³/mol. The van der Waals surface area contributed by atoms with Gasteiger partial charge in [-0.25, -0.2) is 4.39 Å². The minimum atomic E-state index is -0.487. The molecule has 0 fully saturated rings. The summed E-state index contributed by atoms with van der Waals surface area (Å²) < 4.78 is 14.6. The van der Waals surface area contributed by atoms with Crippen LogP contribution in [0.5, 0.6) is 0 Å². The van der Waals surface area contributed by atoms with Gasteiger partial charge in [-0.05, 0) is 40.8 Å². The van der Waals surface area contributed by atoms with Crippen molar-refractivity contribution in [1.29, 1.82) is 5.26 Å². The van der Waals surface area contributed by atoms with E-state index in [4.69, 9.17) is 5.26 Å². The van der Waals surface area contributed by atoms with E-state index in [-0.39, 0.29) is 18.0 Å². The fourth-order valence-electron chi connectivity index (χ4n) is 1.47. The maximum absolute atomic E-state index is 13.6. The van der Waals surface area contributed by atoms with Crippen molar-refractivity contribution in [3.63, 3.8) is 0 Å². The van der Waals surface area contributed by atoms with Gasteiger partial charge in [0.2, 0.25) is 0 Å². The third-order valence-corrected chi connectivity index (χ3v) is 4.24. The minimum absolute atomic E-state index is 0.100. The molecule has 0 radical (unpaired) electrons. The second kappa shape index (κ2) is 6.12. The van der Waals surface area contributed by atoms with Gasteiger partial charge in [-0.3, -0.25) is 4.79 Å². The minimum Gasteiger partial charge on any atom is -0.348 e. The summed E-state index contributed by atoms with van der Waals surface area (Å²) in [4.78, 5) is 11.8. The zero-order valence-corrected chi connectivity index (χ0v) is 12.6. The molecule has 1 amide bonds. The lowest BCUT2D eigenvalue weighted by atomic mass is 10.1. The maximum atomic E-state index is 13.6. The summed E-state index contributed by atoms with van der Waals surface area (Å²) in [6, 6.07) is 7.83. The molecule has 2 aromatic rings. The molecule has 0 aliphatic heterocycles. The number of hydrogen-bond acceptors (Lipinski definition) is 3. The Morgan fingerprint density at radius 3 is 2.84 bits per heavy atom. The molecule has 0 aliphatic rings. The maximum Gasteiger partial charge on any atom is 0.252 e. The van der Waals surface area contributed by atoms with Crippen LogP contribution < -0.4 is 5.32 Å². The van der Waals surface area contributed by atoms with Gasteiger partial charge < -0.3 is 5.32 Å². The number of rotatable bonds is 3. The first kappa shape index (κ1) is 14.0. The van der Waals surface area contributed by atoms with Crippen molar-refractivity contribution < 1.29 is 9.18 Å². The zero-order chi connectivity index (χ0) is 13.8. The van der Waals surface area contributed by atoms with E-state index in [1.807, 2.05) is 6.07 Å². The lowest BCUT2D eigenvalue weighted by molar-refractivity contribution is 0.0951. The van der Waals surface area contributed by atoms with Crippen molar-refractivity contribution >= 4 is 39.8 Å². The van der Waals surface area contributed by atoms with Crippen molar-refractivity contribution in [2.75, 3.05) is 0 Å². The van der Waals surface area contributed by atoms with Gasteiger partial charge in [-0.2, -0.15) is 5.26 Å². The van der Waals surface area contributed by atoms with Gasteiger partial charge in [0.15, 0.2) is 0 Å². The van der Waals surface area contributed by atoms with Crippen molar-refractivity contribution in [3.8, 4) is 6.07 Å². The summed E-state index contributed by atoms with van der Waals surface area (Å²) in [6.07, 6.45) is 0. The summed E-state index contributed by atoms with van der Waals surface area (Å²) in [5.41, 5.74) is 1.20. The van der Waals surface area contributed by atoms with Crippen molar-refractivity contribution in [2.24, 2.45) is 0 Å². The first-order valence-electron chi connectivity index (χ1n) is 5.31. The number of carbonyl (C=O) groups is 1. The highest BCUT2D eigenvalue weighted by atomic mass is 127. The van der Waals surface area contributed by atoms with E-state index >= 15 is 0 Å². The molecule has 1 N–H and O–H groups in total. The van der Waals surface area contributed by atoms with Gasteiger partial charge in [0, 0.05) is 17.5 Å². The Labute approximate surface area is 127 Å². The second-order valence-electron chi connectivity index (χ2n) is 3.74. The molecule has 1 heterocycles. The number of benzene rings is 1. The zero-order valence-electron chi connectivity index (χ0n) is 9.61. The first-order chi connectivity index (χ1) is 9.10. The highest BCUT2D eigenvalue weighted by Crippen LogP contribution is 2.16. The molecule has 0 bridgehead atoms. The molecule has 0 aliphatic carbocycles. The van der Waals surface area contributed by atoms with Gasteiger partial charge in [0.05, 0.1) is 20.1 Å². The Hall–Kier alpha value is -1.46. The van der Waals surface area contributed by atoms with Crippen molar-refractivity contribution in [3.05, 3.63) is 55.0 Å². The molecule has 6 heteroatoms. The van der Waals surface area contributed by atoms with Crippen LogP contribution >= 0.6 is 33.9 Å². The molecule has 0 spiro atoms. The highest BCUT2D eigenvalue weighted by molar-refractivity contribution is 14.1. The van der Waals surface area contributed by atoms with Crippen LogP contribution in [0, 0.1) is 20.0 Å². The van der Waals surface area contributed by atoms with Crippen LogP contribution in [-0.2, 0) is 6.54 Å². The molecule has 0 saturated carbocycles. The summed E-state index contributed by atoms with van der Waals surface area (Å²) in [5, 5.41) is 13.0. The Morgan fingerprint density at radius 2 is 2.26 bits per heavy atom. The average molecular weight is 386 g/mol. The van der Waals surface area contributed by atoms with E-state index in [0.29, 0.717) is 11.1 Å². The standard InChI is InChI=1S/C13H8FIN2OS/c14-11-3-8(5-16)1-2-9(11)6-17-13(18)10-4-12(15)19-7-10/h1-4,7H,6H2,(H,17,18). The summed E-state index contributed by atoms with van der Waals surface area (Å²) in [6.45, 7) is 0.100. The first-order valence-corrected chi connectivity index (χ1v) is 7.27. The van der Waals surface area contributed by atoms with E-state index in [2.05, 4.69) is 27.9 Å². The summed E-state index contributed by atoms with van der Waals surface area (Å²) in [7, 11) is 0. The van der Waals surface area contributed by atoms with Gasteiger partial charge in [-0.15, -0.1) is 11.3 Å². The van der Waals surface area contributed by atoms with Crippen LogP contribution in [0.25, 0.3) is 0 Å². The molecule has 19 heavy (non-hydrogen) atoms. The van der Waals surface area contributed by atoms with E-state index in [1.54, 1.807) is 11.4 Å². The molecule has 2 rings (SSSR count). The lowest BCUT2D eigenvalue weighted by Crippen LogP contribution is -2.22. The number of nitriles is 1. The number of thiophene rings is 1. The van der Waals surface area contributed by atoms with Crippen LogP contribution in [0.15, 0.2) is 29.6 Å². The van der Waals surface area contributed by atoms with Gasteiger partial charge >= 0.3 is 0 Å². The molecular formula is C13H8FIN2OS. The van der Waals surface area contributed by atoms with Crippen LogP contribution in [0.2, 0.25) is 0 Å². The third kappa shape index (κ3) is 3.52. The Balaban J connectivity index is 2.03. The van der Waals surface area contributed by atoms with Crippen LogP contribution in [0.4, 0.5) is 4.39 Å². The number of carbonyl (C=O) groups excluding carboxylic acids is 1. The SMILES string of the molecule is N#Cc1ccc(CNC(=O)c2csc(I)c2)c(F)c1. The number of nitrogens with one attached hydrogen (secondary N) is 1. The quantitative estimate of drug-likeness (QED) is 0.824. The van der Waals surface area contributed by atoms with Gasteiger partial charge in [0.1, 0.15) is 5.82 Å². The monoisotopic (exact) mass is 386 g/mol. The molecule has 1 aromatic heterocycles. The average Bonchev–Trinajstić information content (AvgIpc) is 2.83. The summed E-state index contributed by atoms with van der Waals surface area (Å²) in [5.74, 6) is -0.720. The topological polar surface area (TPSA) is 52.9 Å². The molecule has 0 saturated heterocycles. The fourth-order valence-corrected chi connectivity index (χ4v) is 2.79. The van der Waals surface area contributed by atoms with E-state index < -0.39 is 5.82 Å². The number of halogens is 2. The second-order valence-corrected chi connectivity index (χ2v) is 6.55. The van der Waals surface area contributed by atoms with Crippen LogP contribution in [0.1, 0.15) is 21.5 Å². The van der Waals surface area contributed by atoms with Gasteiger partial charge in [-0.1, -0.05) is 6.07 Å².